The molecule has 16 heteroatoms. The minimum atomic E-state index is -3.06. The number of benzene rings is 2. The summed E-state index contributed by atoms with van der Waals surface area (Å²) in [4.78, 5) is 31.2. The van der Waals surface area contributed by atoms with E-state index in [-0.39, 0.29) is 46.7 Å². The minimum absolute atomic E-state index is 0.0507. The first-order chi connectivity index (χ1) is 23.6. The number of carbonyl (C=O) groups excluding carboxylic acids is 2. The van der Waals surface area contributed by atoms with Gasteiger partial charge in [-0.25, -0.2) is 0 Å². The van der Waals surface area contributed by atoms with Gasteiger partial charge in [0, 0.05) is 42.3 Å². The van der Waals surface area contributed by atoms with Crippen LogP contribution in [0.25, 0.3) is 0 Å². The molecule has 0 N–H and O–H groups in total. The van der Waals surface area contributed by atoms with Crippen molar-refractivity contribution < 1.29 is 46.1 Å². The summed E-state index contributed by atoms with van der Waals surface area (Å²) in [5.41, 5.74) is 1.15. The zero-order chi connectivity index (χ0) is 36.6. The lowest BCUT2D eigenvalue weighted by Gasteiger charge is -2.28. The fourth-order valence-corrected chi connectivity index (χ4v) is 5.87. The van der Waals surface area contributed by atoms with Crippen LogP contribution < -0.4 is 13.8 Å². The van der Waals surface area contributed by atoms with Gasteiger partial charge in [0.05, 0.1) is 23.2 Å². The molecule has 2 unspecified atom stereocenters. The maximum atomic E-state index is 13.3. The summed E-state index contributed by atoms with van der Waals surface area (Å²) >= 11 is 10.1. The predicted octanol–water partition coefficient (Wildman–Crippen LogP) is 6.68. The third-order valence-electron chi connectivity index (χ3n) is 7.29. The lowest BCUT2D eigenvalue weighted by Crippen LogP contribution is -2.36. The van der Waals surface area contributed by atoms with Gasteiger partial charge in [-0.3, -0.25) is 28.0 Å². The molecule has 1 aromatic heterocycles. The van der Waals surface area contributed by atoms with Crippen LogP contribution in [0.4, 0.5) is 14.5 Å². The van der Waals surface area contributed by atoms with Gasteiger partial charge in [0.15, 0.2) is 11.5 Å². The van der Waals surface area contributed by atoms with Crippen molar-refractivity contribution in [2.75, 3.05) is 31.0 Å². The van der Waals surface area contributed by atoms with Crippen molar-refractivity contribution in [2.45, 2.75) is 64.9 Å². The third kappa shape index (κ3) is 12.3. The Bertz CT molecular complexity index is 1640. The summed E-state index contributed by atoms with van der Waals surface area (Å²) in [7, 11) is 1.70. The molecule has 2 aromatic carbocycles. The van der Waals surface area contributed by atoms with Crippen molar-refractivity contribution >= 4 is 52.1 Å². The second kappa shape index (κ2) is 17.6. The van der Waals surface area contributed by atoms with E-state index >= 15 is 0 Å². The lowest BCUT2D eigenvalue weighted by molar-refractivity contribution is -0.153. The molecular formula is C34H38Cl2F2N3O8S-. The first kappa shape index (κ1) is 39.2. The highest BCUT2D eigenvalue weighted by Crippen LogP contribution is 2.38. The number of pyridine rings is 1. The Labute approximate surface area is 302 Å². The molecule has 50 heavy (non-hydrogen) atoms. The van der Waals surface area contributed by atoms with E-state index in [1.165, 1.54) is 30.6 Å². The molecule has 0 saturated heterocycles. The number of esters is 2. The SMILES string of the molecule is CN(CC(=O)OC(Cc1c(Cl)cncc1Cl)c1ccc(OC(F)F)c(OCC2CC2)c1)Cc1ccc(N(CC(=O)OC(C)(C)C)S(=O)[O-])cc1. The number of nitrogens with zero attached hydrogens (tertiary/aromatic N) is 3. The molecule has 0 bridgehead atoms. The van der Waals surface area contributed by atoms with E-state index in [1.54, 1.807) is 57.0 Å². The number of halogens is 4. The van der Waals surface area contributed by atoms with E-state index in [0.29, 0.717) is 23.7 Å². The molecular weight excluding hydrogens is 719 g/mol. The second-order valence-electron chi connectivity index (χ2n) is 12.8. The molecule has 2 atom stereocenters. The Morgan fingerprint density at radius 1 is 1.02 bits per heavy atom. The molecule has 0 spiro atoms. The zero-order valence-electron chi connectivity index (χ0n) is 27.9. The van der Waals surface area contributed by atoms with E-state index in [0.717, 1.165) is 22.7 Å². The van der Waals surface area contributed by atoms with Gasteiger partial charge in [-0.15, -0.1) is 0 Å². The first-order valence-corrected chi connectivity index (χ1v) is 17.4. The Hall–Kier alpha value is -3.56. The monoisotopic (exact) mass is 756 g/mol. The van der Waals surface area contributed by atoms with Gasteiger partial charge >= 0.3 is 18.6 Å². The quantitative estimate of drug-likeness (QED) is 0.109. The largest absolute Gasteiger partial charge is 0.755 e. The molecule has 1 saturated carbocycles. The van der Waals surface area contributed by atoms with Crippen LogP contribution in [-0.4, -0.2) is 69.5 Å². The number of anilines is 1. The zero-order valence-corrected chi connectivity index (χ0v) is 30.2. The van der Waals surface area contributed by atoms with Crippen LogP contribution in [0.3, 0.4) is 0 Å². The molecule has 4 rings (SSSR count). The highest BCUT2D eigenvalue weighted by molar-refractivity contribution is 7.80. The molecule has 1 aliphatic rings. The van der Waals surface area contributed by atoms with Crippen molar-refractivity contribution in [2.24, 2.45) is 5.92 Å². The van der Waals surface area contributed by atoms with Crippen LogP contribution in [0.15, 0.2) is 54.9 Å². The predicted molar refractivity (Wildman–Crippen MR) is 183 cm³/mol. The summed E-state index contributed by atoms with van der Waals surface area (Å²) in [6.07, 6.45) is 3.89. The first-order valence-electron chi connectivity index (χ1n) is 15.6. The molecule has 0 aliphatic heterocycles. The topological polar surface area (TPSA) is 131 Å². The Morgan fingerprint density at radius 2 is 1.68 bits per heavy atom. The average molecular weight is 758 g/mol. The minimum Gasteiger partial charge on any atom is -0.755 e. The maximum Gasteiger partial charge on any atom is 0.387 e. The number of alkyl halides is 2. The van der Waals surface area contributed by atoms with Crippen LogP contribution in [0.5, 0.6) is 11.5 Å². The van der Waals surface area contributed by atoms with Crippen molar-refractivity contribution in [1.82, 2.24) is 9.88 Å². The molecule has 1 aliphatic carbocycles. The van der Waals surface area contributed by atoms with Gasteiger partial charge in [-0.1, -0.05) is 41.4 Å². The van der Waals surface area contributed by atoms with E-state index in [1.807, 2.05) is 0 Å². The number of rotatable bonds is 17. The molecule has 0 amide bonds. The van der Waals surface area contributed by atoms with Crippen molar-refractivity contribution in [3.8, 4) is 11.5 Å². The fraction of sp³-hybridized carbons (Fsp3) is 0.441. The van der Waals surface area contributed by atoms with E-state index in [4.69, 9.17) is 37.4 Å². The van der Waals surface area contributed by atoms with Crippen LogP contribution in [0.2, 0.25) is 10.0 Å². The second-order valence-corrected chi connectivity index (χ2v) is 14.5. The average Bonchev–Trinajstić information content (AvgIpc) is 3.84. The van der Waals surface area contributed by atoms with Gasteiger partial charge in [0.25, 0.3) is 0 Å². The van der Waals surface area contributed by atoms with E-state index < -0.39 is 48.1 Å². The Kier molecular flexibility index (Phi) is 13.8. The third-order valence-corrected chi connectivity index (χ3v) is 8.64. The van der Waals surface area contributed by atoms with E-state index in [2.05, 4.69) is 9.72 Å². The normalized spacial score (nSPS) is 14.3. The highest BCUT2D eigenvalue weighted by Gasteiger charge is 2.26. The molecule has 1 heterocycles. The molecule has 272 valence electrons. The molecule has 3 aromatic rings. The number of likely N-dealkylation sites (N-methyl/N-ethyl adjacent to an activating group) is 1. The smallest absolute Gasteiger partial charge is 0.387 e. The van der Waals surface area contributed by atoms with Crippen molar-refractivity contribution in [3.63, 3.8) is 0 Å². The fourth-order valence-electron chi connectivity index (χ4n) is 4.84. The summed E-state index contributed by atoms with van der Waals surface area (Å²) in [6, 6.07) is 10.8. The Morgan fingerprint density at radius 3 is 2.26 bits per heavy atom. The van der Waals surface area contributed by atoms with Gasteiger partial charge in [-0.2, -0.15) is 8.78 Å². The van der Waals surface area contributed by atoms with Gasteiger partial charge in [-0.05, 0) is 87.5 Å². The van der Waals surface area contributed by atoms with Gasteiger partial charge in [0.1, 0.15) is 18.2 Å². The van der Waals surface area contributed by atoms with Crippen molar-refractivity contribution in [3.05, 3.63) is 81.6 Å². The number of aromatic nitrogens is 1. The van der Waals surface area contributed by atoms with Crippen LogP contribution >= 0.6 is 23.2 Å². The number of ether oxygens (including phenoxy) is 4. The van der Waals surface area contributed by atoms with Gasteiger partial charge < -0.3 is 23.5 Å². The van der Waals surface area contributed by atoms with Crippen LogP contribution in [-0.2, 0) is 43.3 Å². The van der Waals surface area contributed by atoms with Gasteiger partial charge in [0.2, 0.25) is 0 Å². The maximum absolute atomic E-state index is 13.3. The number of hydrogen-bond donors (Lipinski definition) is 0. The Balaban J connectivity index is 1.47. The molecule has 1 fully saturated rings. The number of hydrogen-bond acceptors (Lipinski definition) is 10. The highest BCUT2D eigenvalue weighted by atomic mass is 35.5. The van der Waals surface area contributed by atoms with E-state index in [9.17, 15) is 27.1 Å². The molecule has 11 nitrogen and oxygen atoms in total. The van der Waals surface area contributed by atoms with Crippen LogP contribution in [0.1, 0.15) is 56.4 Å². The summed E-state index contributed by atoms with van der Waals surface area (Å²) in [6.45, 7) is 1.96. The number of carbonyl (C=O) groups is 2. The van der Waals surface area contributed by atoms with Crippen molar-refractivity contribution in [1.29, 1.82) is 0 Å². The standard InChI is InChI=1S/C34H39Cl2F2N3O8S/c1-34(2,3)49-32(43)19-41(50(44)45)24-10-7-21(8-11-24)17-40(4)18-31(42)47-29(14-25-26(35)15-39-16-27(25)36)23-9-12-28(48-33(37)38)30(13-23)46-20-22-5-6-22/h7-13,15-16,22,29,33H,5-6,14,17-20H2,1-4H3,(H,44,45)/p-1. The lowest BCUT2D eigenvalue weighted by atomic mass is 10.0. The summed E-state index contributed by atoms with van der Waals surface area (Å²) in [5.74, 6) is -1.02. The summed E-state index contributed by atoms with van der Waals surface area (Å²) in [5, 5.41) is 0.514. The van der Waals surface area contributed by atoms with Crippen LogP contribution in [0, 0.1) is 5.92 Å². The summed E-state index contributed by atoms with van der Waals surface area (Å²) < 4.78 is 72.6. The molecule has 0 radical (unpaired) electrons.